The van der Waals surface area contributed by atoms with Gasteiger partial charge in [-0.15, -0.1) is 10.2 Å². The molecule has 1 aromatic heterocycles. The second-order valence-electron chi connectivity index (χ2n) is 4.51. The number of rotatable bonds is 5. The summed E-state index contributed by atoms with van der Waals surface area (Å²) >= 11 is 1.33. The molecule has 0 spiro atoms. The molecule has 0 saturated carbocycles. The molecule has 1 aromatic carbocycles. The van der Waals surface area contributed by atoms with Gasteiger partial charge < -0.3 is 0 Å². The van der Waals surface area contributed by atoms with Crippen molar-refractivity contribution in [2.45, 2.75) is 26.2 Å². The van der Waals surface area contributed by atoms with Crippen LogP contribution in [0.1, 0.15) is 31.7 Å². The monoisotopic (exact) mass is 275 g/mol. The van der Waals surface area contributed by atoms with Crippen LogP contribution in [0, 0.1) is 5.92 Å². The van der Waals surface area contributed by atoms with Crippen LogP contribution in [0.25, 0.3) is 0 Å². The number of carbonyl (C=O) groups is 1. The average Bonchev–Trinajstić information content (AvgIpc) is 2.93. The second-order valence-corrected chi connectivity index (χ2v) is 5.34. The molecule has 4 nitrogen and oxygen atoms in total. The number of carbonyl (C=O) groups excluding carboxylic acids is 1. The minimum Gasteiger partial charge on any atom is -0.300 e. The molecule has 19 heavy (non-hydrogen) atoms. The maximum atomic E-state index is 12.4. The van der Waals surface area contributed by atoms with Gasteiger partial charge in [0, 0.05) is 0 Å². The molecule has 0 saturated heterocycles. The zero-order valence-corrected chi connectivity index (χ0v) is 11.9. The lowest BCUT2D eigenvalue weighted by atomic mass is 9.85. The fourth-order valence-electron chi connectivity index (χ4n) is 2.05. The number of nitrogens with zero attached hydrogens (tertiary/aromatic N) is 2. The highest BCUT2D eigenvalue weighted by atomic mass is 32.1. The standard InChI is InChI=1S/C14H17N3OS/c1-3-10(2)12(11-7-5-4-6-8-11)13(18)16-14-17-15-9-19-14/h4-10,12H,3H2,1-2H3,(H,16,17,18)/t10-,12+/m1/s1. The van der Waals surface area contributed by atoms with Gasteiger partial charge in [-0.3, -0.25) is 10.1 Å². The summed E-state index contributed by atoms with van der Waals surface area (Å²) in [5, 5.41) is 11.0. The van der Waals surface area contributed by atoms with E-state index in [9.17, 15) is 4.79 Å². The Balaban J connectivity index is 2.20. The lowest BCUT2D eigenvalue weighted by Gasteiger charge is -2.22. The zero-order valence-electron chi connectivity index (χ0n) is 11.0. The Morgan fingerprint density at radius 2 is 2.11 bits per heavy atom. The Morgan fingerprint density at radius 1 is 1.37 bits per heavy atom. The Bertz CT molecular complexity index is 513. The molecule has 1 N–H and O–H groups in total. The molecule has 0 fully saturated rings. The van der Waals surface area contributed by atoms with Gasteiger partial charge in [0.1, 0.15) is 5.51 Å². The van der Waals surface area contributed by atoms with Gasteiger partial charge in [-0.1, -0.05) is 61.9 Å². The number of hydrogen-bond acceptors (Lipinski definition) is 4. The fraction of sp³-hybridized carbons (Fsp3) is 0.357. The third-order valence-electron chi connectivity index (χ3n) is 3.24. The summed E-state index contributed by atoms with van der Waals surface area (Å²) in [6.45, 7) is 4.19. The quantitative estimate of drug-likeness (QED) is 0.910. The minimum atomic E-state index is -0.157. The average molecular weight is 275 g/mol. The second kappa shape index (κ2) is 6.43. The number of aromatic nitrogens is 2. The first-order valence-corrected chi connectivity index (χ1v) is 7.22. The van der Waals surface area contributed by atoms with Crippen LogP contribution in [0.2, 0.25) is 0 Å². The first-order valence-electron chi connectivity index (χ1n) is 6.34. The molecule has 1 amide bonds. The summed E-state index contributed by atoms with van der Waals surface area (Å²) in [6, 6.07) is 9.87. The van der Waals surface area contributed by atoms with Gasteiger partial charge in [0.05, 0.1) is 5.92 Å². The Morgan fingerprint density at radius 3 is 2.68 bits per heavy atom. The molecule has 2 atom stereocenters. The molecule has 2 aromatic rings. The lowest BCUT2D eigenvalue weighted by molar-refractivity contribution is -0.118. The molecular formula is C14H17N3OS. The summed E-state index contributed by atoms with van der Waals surface area (Å²) in [5.74, 6) is 0.0997. The fourth-order valence-corrected chi connectivity index (χ4v) is 2.49. The van der Waals surface area contributed by atoms with Crippen LogP contribution in [0.5, 0.6) is 0 Å². The SMILES string of the molecule is CC[C@@H](C)[C@H](C(=O)Nc1nncs1)c1ccccc1. The van der Waals surface area contributed by atoms with E-state index in [1.807, 2.05) is 30.3 Å². The van der Waals surface area contributed by atoms with Crippen molar-refractivity contribution in [2.24, 2.45) is 5.92 Å². The van der Waals surface area contributed by atoms with E-state index in [2.05, 4.69) is 29.4 Å². The molecular weight excluding hydrogens is 258 g/mol. The van der Waals surface area contributed by atoms with E-state index in [0.29, 0.717) is 5.13 Å². The van der Waals surface area contributed by atoms with Gasteiger partial charge >= 0.3 is 0 Å². The van der Waals surface area contributed by atoms with Crippen LogP contribution in [0.3, 0.4) is 0 Å². The predicted molar refractivity (Wildman–Crippen MR) is 77.2 cm³/mol. The summed E-state index contributed by atoms with van der Waals surface area (Å²) in [4.78, 5) is 12.4. The van der Waals surface area contributed by atoms with Crippen molar-refractivity contribution in [3.63, 3.8) is 0 Å². The largest absolute Gasteiger partial charge is 0.300 e. The molecule has 5 heteroatoms. The van der Waals surface area contributed by atoms with E-state index in [1.165, 1.54) is 11.3 Å². The maximum Gasteiger partial charge on any atom is 0.234 e. The van der Waals surface area contributed by atoms with Gasteiger partial charge in [0.15, 0.2) is 0 Å². The molecule has 0 bridgehead atoms. The summed E-state index contributed by atoms with van der Waals surface area (Å²) in [7, 11) is 0. The van der Waals surface area contributed by atoms with Crippen molar-refractivity contribution < 1.29 is 4.79 Å². The van der Waals surface area contributed by atoms with Crippen LogP contribution >= 0.6 is 11.3 Å². The van der Waals surface area contributed by atoms with Crippen molar-refractivity contribution in [3.8, 4) is 0 Å². The van der Waals surface area contributed by atoms with Crippen molar-refractivity contribution >= 4 is 22.4 Å². The van der Waals surface area contributed by atoms with Crippen LogP contribution in [0.15, 0.2) is 35.8 Å². The topological polar surface area (TPSA) is 54.9 Å². The smallest absolute Gasteiger partial charge is 0.234 e. The molecule has 0 aliphatic carbocycles. The van der Waals surface area contributed by atoms with Gasteiger partial charge in [-0.2, -0.15) is 0 Å². The zero-order chi connectivity index (χ0) is 13.7. The van der Waals surface area contributed by atoms with E-state index in [1.54, 1.807) is 5.51 Å². The summed E-state index contributed by atoms with van der Waals surface area (Å²) in [6.07, 6.45) is 0.948. The molecule has 1 heterocycles. The van der Waals surface area contributed by atoms with Crippen LogP contribution in [-0.2, 0) is 4.79 Å². The highest BCUT2D eigenvalue weighted by Crippen LogP contribution is 2.28. The van der Waals surface area contributed by atoms with Crippen molar-refractivity contribution in [1.29, 1.82) is 0 Å². The van der Waals surface area contributed by atoms with Crippen LogP contribution in [-0.4, -0.2) is 16.1 Å². The van der Waals surface area contributed by atoms with E-state index in [0.717, 1.165) is 12.0 Å². The number of nitrogens with one attached hydrogen (secondary N) is 1. The van der Waals surface area contributed by atoms with E-state index in [-0.39, 0.29) is 17.7 Å². The molecule has 0 radical (unpaired) electrons. The first kappa shape index (κ1) is 13.7. The number of anilines is 1. The molecule has 2 rings (SSSR count). The minimum absolute atomic E-state index is 0.0164. The molecule has 100 valence electrons. The third-order valence-corrected chi connectivity index (χ3v) is 3.85. The first-order chi connectivity index (χ1) is 9.22. The van der Waals surface area contributed by atoms with Gasteiger partial charge in [0.25, 0.3) is 0 Å². The highest BCUT2D eigenvalue weighted by Gasteiger charge is 2.26. The summed E-state index contributed by atoms with van der Waals surface area (Å²) in [5.41, 5.74) is 2.65. The molecule has 0 unspecified atom stereocenters. The Kier molecular flexibility index (Phi) is 4.63. The third kappa shape index (κ3) is 3.38. The Hall–Kier alpha value is -1.75. The van der Waals surface area contributed by atoms with Gasteiger partial charge in [-0.05, 0) is 11.5 Å². The highest BCUT2D eigenvalue weighted by molar-refractivity contribution is 7.13. The Labute approximate surface area is 116 Å². The maximum absolute atomic E-state index is 12.4. The van der Waals surface area contributed by atoms with E-state index < -0.39 is 0 Å². The van der Waals surface area contributed by atoms with Crippen LogP contribution < -0.4 is 5.32 Å². The summed E-state index contributed by atoms with van der Waals surface area (Å²) < 4.78 is 0. The van der Waals surface area contributed by atoms with E-state index in [4.69, 9.17) is 0 Å². The van der Waals surface area contributed by atoms with Crippen molar-refractivity contribution in [1.82, 2.24) is 10.2 Å². The van der Waals surface area contributed by atoms with Crippen molar-refractivity contribution in [2.75, 3.05) is 5.32 Å². The van der Waals surface area contributed by atoms with E-state index >= 15 is 0 Å². The number of hydrogen-bond donors (Lipinski definition) is 1. The normalized spacial score (nSPS) is 13.8. The van der Waals surface area contributed by atoms with Crippen molar-refractivity contribution in [3.05, 3.63) is 41.4 Å². The molecule has 0 aliphatic heterocycles. The number of benzene rings is 1. The molecule has 0 aliphatic rings. The number of amides is 1. The van der Waals surface area contributed by atoms with Gasteiger partial charge in [-0.25, -0.2) is 0 Å². The van der Waals surface area contributed by atoms with Crippen LogP contribution in [0.4, 0.5) is 5.13 Å². The predicted octanol–water partition coefficient (Wildman–Crippen LogP) is 3.31. The van der Waals surface area contributed by atoms with Gasteiger partial charge in [0.2, 0.25) is 11.0 Å². The lowest BCUT2D eigenvalue weighted by Crippen LogP contribution is -2.26.